The first kappa shape index (κ1) is 16.2. The molecule has 4 rings (SSSR count). The van der Waals surface area contributed by atoms with Crippen LogP contribution >= 0.6 is 11.3 Å². The molecule has 0 bridgehead atoms. The Morgan fingerprint density at radius 2 is 1.96 bits per heavy atom. The number of carbonyl (C=O) groups excluding carboxylic acids is 1. The molecule has 0 unspecified atom stereocenters. The SMILES string of the molecule is Cc1cc(C)c2sc(N3CCN(C(=O)C4=COCCO4)CC3)nc2c1. The molecule has 0 atom stereocenters. The smallest absolute Gasteiger partial charge is 0.292 e. The van der Waals surface area contributed by atoms with Gasteiger partial charge in [-0.3, -0.25) is 4.79 Å². The van der Waals surface area contributed by atoms with Gasteiger partial charge in [0, 0.05) is 26.2 Å². The van der Waals surface area contributed by atoms with E-state index in [1.165, 1.54) is 22.1 Å². The fraction of sp³-hybridized carbons (Fsp3) is 0.444. The second-order valence-corrected chi connectivity index (χ2v) is 7.38. The minimum absolute atomic E-state index is 0.0879. The van der Waals surface area contributed by atoms with Crippen molar-refractivity contribution in [1.29, 1.82) is 0 Å². The molecule has 0 saturated carbocycles. The van der Waals surface area contributed by atoms with E-state index in [0.29, 0.717) is 32.1 Å². The molecule has 2 aliphatic rings. The van der Waals surface area contributed by atoms with E-state index in [9.17, 15) is 4.79 Å². The Morgan fingerprint density at radius 1 is 1.16 bits per heavy atom. The summed E-state index contributed by atoms with van der Waals surface area (Å²) in [4.78, 5) is 21.3. The van der Waals surface area contributed by atoms with Crippen molar-refractivity contribution in [1.82, 2.24) is 9.88 Å². The quantitative estimate of drug-likeness (QED) is 0.824. The summed E-state index contributed by atoms with van der Waals surface area (Å²) < 4.78 is 11.8. The lowest BCUT2D eigenvalue weighted by molar-refractivity contribution is -0.132. The largest absolute Gasteiger partial charge is 0.494 e. The summed E-state index contributed by atoms with van der Waals surface area (Å²) in [7, 11) is 0. The predicted molar refractivity (Wildman–Crippen MR) is 97.9 cm³/mol. The summed E-state index contributed by atoms with van der Waals surface area (Å²) in [6.07, 6.45) is 1.43. The van der Waals surface area contributed by atoms with Crippen LogP contribution in [0.3, 0.4) is 0 Å². The maximum absolute atomic E-state index is 12.4. The Kier molecular flexibility index (Phi) is 4.25. The Morgan fingerprint density at radius 3 is 2.68 bits per heavy atom. The molecular formula is C18H21N3O3S. The highest BCUT2D eigenvalue weighted by Crippen LogP contribution is 2.32. The van der Waals surface area contributed by atoms with Gasteiger partial charge in [-0.1, -0.05) is 17.4 Å². The normalized spacial score (nSPS) is 17.9. The van der Waals surface area contributed by atoms with Gasteiger partial charge in [-0.25, -0.2) is 4.98 Å². The van der Waals surface area contributed by atoms with Gasteiger partial charge < -0.3 is 19.3 Å². The highest BCUT2D eigenvalue weighted by atomic mass is 32.1. The van der Waals surface area contributed by atoms with Crippen molar-refractivity contribution >= 4 is 32.6 Å². The topological polar surface area (TPSA) is 54.9 Å². The maximum Gasteiger partial charge on any atom is 0.292 e. The molecule has 25 heavy (non-hydrogen) atoms. The van der Waals surface area contributed by atoms with Crippen LogP contribution in [0.25, 0.3) is 10.2 Å². The van der Waals surface area contributed by atoms with E-state index in [4.69, 9.17) is 14.5 Å². The average molecular weight is 359 g/mol. The number of anilines is 1. The molecule has 132 valence electrons. The van der Waals surface area contributed by atoms with Crippen molar-refractivity contribution < 1.29 is 14.3 Å². The van der Waals surface area contributed by atoms with Crippen LogP contribution in [0, 0.1) is 13.8 Å². The van der Waals surface area contributed by atoms with Crippen molar-refractivity contribution in [3.63, 3.8) is 0 Å². The number of fused-ring (bicyclic) bond motifs is 1. The number of benzene rings is 1. The van der Waals surface area contributed by atoms with E-state index in [-0.39, 0.29) is 5.91 Å². The Hall–Kier alpha value is -2.28. The molecule has 7 heteroatoms. The monoisotopic (exact) mass is 359 g/mol. The molecular weight excluding hydrogens is 338 g/mol. The summed E-state index contributed by atoms with van der Waals surface area (Å²) in [5.41, 5.74) is 3.57. The number of hydrogen-bond donors (Lipinski definition) is 0. The summed E-state index contributed by atoms with van der Waals surface area (Å²) >= 11 is 1.73. The molecule has 1 saturated heterocycles. The predicted octanol–water partition coefficient (Wildman–Crippen LogP) is 2.45. The van der Waals surface area contributed by atoms with E-state index in [1.54, 1.807) is 11.3 Å². The standard InChI is InChI=1S/C18H21N3O3S/c1-12-9-13(2)16-14(10-12)19-18(25-16)21-5-3-20(4-6-21)17(22)15-11-23-7-8-24-15/h9-11H,3-8H2,1-2H3. The van der Waals surface area contributed by atoms with E-state index < -0.39 is 0 Å². The minimum atomic E-state index is -0.0879. The summed E-state index contributed by atoms with van der Waals surface area (Å²) in [6.45, 7) is 8.04. The lowest BCUT2D eigenvalue weighted by Crippen LogP contribution is -2.49. The van der Waals surface area contributed by atoms with Crippen molar-refractivity contribution in [3.8, 4) is 0 Å². The third-order valence-corrected chi connectivity index (χ3v) is 5.77. The van der Waals surface area contributed by atoms with Crippen LogP contribution in [0.15, 0.2) is 24.2 Å². The summed E-state index contributed by atoms with van der Waals surface area (Å²) in [6, 6.07) is 4.33. The Bertz CT molecular complexity index is 837. The number of ether oxygens (including phenoxy) is 2. The fourth-order valence-corrected chi connectivity index (χ4v) is 4.30. The molecule has 0 spiro atoms. The van der Waals surface area contributed by atoms with Crippen LogP contribution in [0.1, 0.15) is 11.1 Å². The van der Waals surface area contributed by atoms with Crippen LogP contribution in [0.2, 0.25) is 0 Å². The second-order valence-electron chi connectivity index (χ2n) is 6.41. The number of hydrogen-bond acceptors (Lipinski definition) is 6. The van der Waals surface area contributed by atoms with Gasteiger partial charge >= 0.3 is 0 Å². The first-order valence-corrected chi connectivity index (χ1v) is 9.30. The van der Waals surface area contributed by atoms with Gasteiger partial charge in [0.05, 0.1) is 10.2 Å². The third-order valence-electron chi connectivity index (χ3n) is 4.51. The number of thiazole rings is 1. The van der Waals surface area contributed by atoms with Gasteiger partial charge in [0.1, 0.15) is 19.5 Å². The third kappa shape index (κ3) is 3.16. The number of aryl methyl sites for hydroxylation is 2. The van der Waals surface area contributed by atoms with Crippen LogP contribution < -0.4 is 4.90 Å². The molecule has 3 heterocycles. The number of carbonyl (C=O) groups is 1. The average Bonchev–Trinajstić information content (AvgIpc) is 3.06. The molecule has 0 aliphatic carbocycles. The van der Waals surface area contributed by atoms with Crippen LogP contribution in [0.5, 0.6) is 0 Å². The number of amides is 1. The lowest BCUT2D eigenvalue weighted by atomic mass is 10.1. The molecule has 2 aliphatic heterocycles. The second kappa shape index (κ2) is 6.55. The highest BCUT2D eigenvalue weighted by molar-refractivity contribution is 7.22. The number of nitrogens with zero attached hydrogens (tertiary/aromatic N) is 3. The molecule has 0 N–H and O–H groups in total. The first-order chi connectivity index (χ1) is 12.1. The molecule has 1 fully saturated rings. The molecule has 1 aromatic carbocycles. The molecule has 1 amide bonds. The van der Waals surface area contributed by atoms with Gasteiger partial charge in [0.2, 0.25) is 5.76 Å². The van der Waals surface area contributed by atoms with Crippen molar-refractivity contribution in [3.05, 3.63) is 35.3 Å². The van der Waals surface area contributed by atoms with Crippen LogP contribution in [-0.2, 0) is 14.3 Å². The Labute approximate surface area is 150 Å². The van der Waals surface area contributed by atoms with Crippen molar-refractivity contribution in [2.45, 2.75) is 13.8 Å². The fourth-order valence-electron chi connectivity index (χ4n) is 3.24. The van der Waals surface area contributed by atoms with Crippen molar-refractivity contribution in [2.75, 3.05) is 44.3 Å². The Balaban J connectivity index is 1.46. The summed E-state index contributed by atoms with van der Waals surface area (Å²) in [5.74, 6) is 0.223. The zero-order chi connectivity index (χ0) is 17.4. The van der Waals surface area contributed by atoms with Gasteiger partial charge in [-0.2, -0.15) is 0 Å². The van der Waals surface area contributed by atoms with Crippen molar-refractivity contribution in [2.24, 2.45) is 0 Å². The molecule has 2 aromatic rings. The summed E-state index contributed by atoms with van der Waals surface area (Å²) in [5, 5.41) is 1.03. The van der Waals surface area contributed by atoms with Gasteiger partial charge in [0.25, 0.3) is 5.91 Å². The van der Waals surface area contributed by atoms with E-state index >= 15 is 0 Å². The number of piperazine rings is 1. The van der Waals surface area contributed by atoms with Gasteiger partial charge in [0.15, 0.2) is 5.13 Å². The zero-order valence-electron chi connectivity index (χ0n) is 14.4. The maximum atomic E-state index is 12.4. The van der Waals surface area contributed by atoms with E-state index in [0.717, 1.165) is 23.7 Å². The van der Waals surface area contributed by atoms with E-state index in [2.05, 4.69) is 30.9 Å². The minimum Gasteiger partial charge on any atom is -0.494 e. The molecule has 0 radical (unpaired) electrons. The van der Waals surface area contributed by atoms with Gasteiger partial charge in [-0.05, 0) is 31.0 Å². The molecule has 6 nitrogen and oxygen atoms in total. The van der Waals surface area contributed by atoms with Gasteiger partial charge in [-0.15, -0.1) is 0 Å². The van der Waals surface area contributed by atoms with Crippen LogP contribution in [-0.4, -0.2) is 55.2 Å². The lowest BCUT2D eigenvalue weighted by Gasteiger charge is -2.35. The highest BCUT2D eigenvalue weighted by Gasteiger charge is 2.27. The van der Waals surface area contributed by atoms with Crippen LogP contribution in [0.4, 0.5) is 5.13 Å². The zero-order valence-corrected chi connectivity index (χ0v) is 15.3. The first-order valence-electron chi connectivity index (χ1n) is 8.48. The van der Waals surface area contributed by atoms with E-state index in [1.807, 2.05) is 4.90 Å². The molecule has 1 aromatic heterocycles. The number of aromatic nitrogens is 1. The number of rotatable bonds is 2.